The zero-order valence-electron chi connectivity index (χ0n) is 12.3. The van der Waals surface area contributed by atoms with E-state index in [-0.39, 0.29) is 29.9 Å². The van der Waals surface area contributed by atoms with E-state index in [4.69, 9.17) is 4.74 Å². The van der Waals surface area contributed by atoms with Crippen LogP contribution in [0.3, 0.4) is 0 Å². The van der Waals surface area contributed by atoms with Gasteiger partial charge in [0.1, 0.15) is 6.17 Å². The number of hydrogen-bond acceptors (Lipinski definition) is 3. The van der Waals surface area contributed by atoms with Crippen LogP contribution in [-0.2, 0) is 4.79 Å². The molecule has 0 bridgehead atoms. The summed E-state index contributed by atoms with van der Waals surface area (Å²) in [7, 11) is 1.43. The van der Waals surface area contributed by atoms with Gasteiger partial charge in [0.25, 0.3) is 0 Å². The maximum absolute atomic E-state index is 13.9. The molecule has 1 heterocycles. The lowest BCUT2D eigenvalue weighted by molar-refractivity contribution is -0.131. The summed E-state index contributed by atoms with van der Waals surface area (Å²) in [5.74, 6) is -0.148. The highest BCUT2D eigenvalue weighted by Crippen LogP contribution is 2.30. The minimum atomic E-state index is -0.414. The van der Waals surface area contributed by atoms with E-state index < -0.39 is 5.82 Å². The first-order valence-electron chi connectivity index (χ1n) is 6.91. The number of amides is 1. The third-order valence-corrected chi connectivity index (χ3v) is 3.87. The highest BCUT2D eigenvalue weighted by atomic mass is 19.1. The Labute approximate surface area is 118 Å². The van der Waals surface area contributed by atoms with Gasteiger partial charge < -0.3 is 9.64 Å². The number of nitrogens with zero attached hydrogens (tertiary/aromatic N) is 1. The first-order valence-corrected chi connectivity index (χ1v) is 6.91. The van der Waals surface area contributed by atoms with Crippen molar-refractivity contribution in [1.82, 2.24) is 10.2 Å². The number of ether oxygens (including phenoxy) is 1. The van der Waals surface area contributed by atoms with Crippen LogP contribution in [0.2, 0.25) is 0 Å². The molecule has 1 aromatic carbocycles. The lowest BCUT2D eigenvalue weighted by atomic mass is 10.1. The fraction of sp³-hybridized carbons (Fsp3) is 0.533. The van der Waals surface area contributed by atoms with E-state index in [0.717, 1.165) is 12.0 Å². The fourth-order valence-electron chi connectivity index (χ4n) is 2.52. The molecule has 0 aliphatic carbocycles. The van der Waals surface area contributed by atoms with Gasteiger partial charge in [0, 0.05) is 6.04 Å². The average Bonchev–Trinajstić information content (AvgIpc) is 2.74. The molecule has 5 heteroatoms. The molecule has 1 N–H and O–H groups in total. The van der Waals surface area contributed by atoms with Crippen molar-refractivity contribution in [3.05, 3.63) is 29.6 Å². The highest BCUT2D eigenvalue weighted by molar-refractivity contribution is 5.84. The number of benzene rings is 1. The van der Waals surface area contributed by atoms with Gasteiger partial charge >= 0.3 is 0 Å². The quantitative estimate of drug-likeness (QED) is 0.921. The molecule has 20 heavy (non-hydrogen) atoms. The maximum Gasteiger partial charge on any atom is 0.241 e. The van der Waals surface area contributed by atoms with Gasteiger partial charge in [-0.25, -0.2) is 4.39 Å². The molecule has 0 radical (unpaired) electrons. The minimum Gasteiger partial charge on any atom is -0.494 e. The van der Waals surface area contributed by atoms with Gasteiger partial charge in [-0.3, -0.25) is 10.1 Å². The number of carbonyl (C=O) groups excluding carboxylic acids is 1. The van der Waals surface area contributed by atoms with E-state index in [0.29, 0.717) is 0 Å². The zero-order chi connectivity index (χ0) is 14.9. The summed E-state index contributed by atoms with van der Waals surface area (Å²) < 4.78 is 18.8. The van der Waals surface area contributed by atoms with Crippen LogP contribution < -0.4 is 10.1 Å². The number of methoxy groups -OCH3 is 1. The summed E-state index contributed by atoms with van der Waals surface area (Å²) in [6, 6.07) is 4.67. The van der Waals surface area contributed by atoms with Crippen LogP contribution in [-0.4, -0.2) is 30.0 Å². The smallest absolute Gasteiger partial charge is 0.241 e. The van der Waals surface area contributed by atoms with Crippen molar-refractivity contribution in [2.45, 2.75) is 45.4 Å². The normalized spacial score (nSPS) is 24.1. The van der Waals surface area contributed by atoms with Gasteiger partial charge in [-0.1, -0.05) is 13.0 Å². The van der Waals surface area contributed by atoms with E-state index >= 15 is 0 Å². The van der Waals surface area contributed by atoms with E-state index in [1.807, 2.05) is 20.8 Å². The van der Waals surface area contributed by atoms with Crippen molar-refractivity contribution in [3.63, 3.8) is 0 Å². The number of rotatable bonds is 4. The van der Waals surface area contributed by atoms with E-state index in [9.17, 15) is 9.18 Å². The molecule has 1 aliphatic rings. The van der Waals surface area contributed by atoms with Gasteiger partial charge in [-0.05, 0) is 38.0 Å². The SMILES string of the molecule is CCC(C)N1C(=O)C(C)NC1c1ccc(OC)c(F)c1. The average molecular weight is 280 g/mol. The highest BCUT2D eigenvalue weighted by Gasteiger charge is 2.39. The van der Waals surface area contributed by atoms with Crippen molar-refractivity contribution in [3.8, 4) is 5.75 Å². The van der Waals surface area contributed by atoms with Crippen molar-refractivity contribution in [1.29, 1.82) is 0 Å². The molecule has 1 aliphatic heterocycles. The van der Waals surface area contributed by atoms with E-state index in [1.54, 1.807) is 17.0 Å². The summed E-state index contributed by atoms with van der Waals surface area (Å²) in [4.78, 5) is 14.0. The van der Waals surface area contributed by atoms with Crippen molar-refractivity contribution in [2.75, 3.05) is 7.11 Å². The fourth-order valence-corrected chi connectivity index (χ4v) is 2.52. The van der Waals surface area contributed by atoms with E-state index in [2.05, 4.69) is 5.32 Å². The summed E-state index contributed by atoms with van der Waals surface area (Å²) in [5.41, 5.74) is 0.737. The summed E-state index contributed by atoms with van der Waals surface area (Å²) in [6.07, 6.45) is 0.572. The van der Waals surface area contributed by atoms with Crippen molar-refractivity contribution in [2.24, 2.45) is 0 Å². The number of halogens is 1. The maximum atomic E-state index is 13.9. The van der Waals surface area contributed by atoms with Crippen LogP contribution in [0.4, 0.5) is 4.39 Å². The van der Waals surface area contributed by atoms with E-state index in [1.165, 1.54) is 13.2 Å². The van der Waals surface area contributed by atoms with Crippen molar-refractivity contribution >= 4 is 5.91 Å². The minimum absolute atomic E-state index is 0.0561. The zero-order valence-corrected chi connectivity index (χ0v) is 12.3. The second kappa shape index (κ2) is 5.79. The number of nitrogens with one attached hydrogen (secondary N) is 1. The Balaban J connectivity index is 2.34. The second-order valence-corrected chi connectivity index (χ2v) is 5.19. The van der Waals surface area contributed by atoms with Crippen molar-refractivity contribution < 1.29 is 13.9 Å². The Morgan fingerprint density at radius 3 is 2.75 bits per heavy atom. The molecule has 3 unspecified atom stereocenters. The molecule has 1 amide bonds. The van der Waals surface area contributed by atoms with Gasteiger partial charge in [0.2, 0.25) is 5.91 Å². The van der Waals surface area contributed by atoms with Gasteiger partial charge in [-0.2, -0.15) is 0 Å². The van der Waals surface area contributed by atoms with Crippen LogP contribution >= 0.6 is 0 Å². The summed E-state index contributed by atoms with van der Waals surface area (Å²) >= 11 is 0. The predicted molar refractivity (Wildman–Crippen MR) is 74.9 cm³/mol. The van der Waals surface area contributed by atoms with Gasteiger partial charge in [0.05, 0.1) is 13.2 Å². The first kappa shape index (κ1) is 14.8. The Bertz CT molecular complexity index is 507. The van der Waals surface area contributed by atoms with Crippen LogP contribution in [0.1, 0.15) is 38.9 Å². The molecule has 0 spiro atoms. The Kier molecular flexibility index (Phi) is 4.28. The Morgan fingerprint density at radius 1 is 1.50 bits per heavy atom. The van der Waals surface area contributed by atoms with Crippen LogP contribution in [0.15, 0.2) is 18.2 Å². The first-order chi connectivity index (χ1) is 9.49. The molecular formula is C15H21FN2O2. The third kappa shape index (κ3) is 2.50. The van der Waals surface area contributed by atoms with Gasteiger partial charge in [-0.15, -0.1) is 0 Å². The predicted octanol–water partition coefficient (Wildman–Crippen LogP) is 2.45. The Morgan fingerprint density at radius 2 is 2.20 bits per heavy atom. The molecule has 110 valence electrons. The monoisotopic (exact) mass is 280 g/mol. The lowest BCUT2D eigenvalue weighted by Gasteiger charge is -2.30. The number of carbonyl (C=O) groups is 1. The molecule has 0 saturated carbocycles. The second-order valence-electron chi connectivity index (χ2n) is 5.19. The molecular weight excluding hydrogens is 259 g/mol. The standard InChI is InChI=1S/C15H21FN2O2/c1-5-9(2)18-14(17-10(3)15(18)19)11-6-7-13(20-4)12(16)8-11/h6-10,14,17H,5H2,1-4H3. The van der Waals surface area contributed by atoms with Crippen LogP contribution in [0.5, 0.6) is 5.75 Å². The Hall–Kier alpha value is -1.62. The molecule has 1 saturated heterocycles. The summed E-state index contributed by atoms with van der Waals surface area (Å²) in [5, 5.41) is 3.22. The van der Waals surface area contributed by atoms with Gasteiger partial charge in [0.15, 0.2) is 11.6 Å². The molecule has 4 nitrogen and oxygen atoms in total. The molecule has 1 aromatic rings. The summed E-state index contributed by atoms with van der Waals surface area (Å²) in [6.45, 7) is 5.87. The molecule has 3 atom stereocenters. The third-order valence-electron chi connectivity index (χ3n) is 3.87. The largest absolute Gasteiger partial charge is 0.494 e. The molecule has 1 fully saturated rings. The molecule has 0 aromatic heterocycles. The lowest BCUT2D eigenvalue weighted by Crippen LogP contribution is -2.37. The number of hydrogen-bond donors (Lipinski definition) is 1. The molecule has 2 rings (SSSR count). The topological polar surface area (TPSA) is 41.6 Å². The van der Waals surface area contributed by atoms with Crippen LogP contribution in [0, 0.1) is 5.82 Å². The van der Waals surface area contributed by atoms with Crippen LogP contribution in [0.25, 0.3) is 0 Å².